The van der Waals surface area contributed by atoms with Gasteiger partial charge in [-0.25, -0.2) is 9.78 Å². The van der Waals surface area contributed by atoms with Gasteiger partial charge in [0, 0.05) is 24.2 Å². The number of rotatable bonds is 5. The number of carbonyl (C=O) groups is 1. The smallest absolute Gasteiger partial charge is 0.360 e. The fraction of sp³-hybridized carbons (Fsp3) is 0.655. The Morgan fingerprint density at radius 2 is 1.59 bits per heavy atom. The van der Waals surface area contributed by atoms with Crippen LogP contribution in [0.3, 0.4) is 0 Å². The van der Waals surface area contributed by atoms with Crippen molar-refractivity contribution >= 4 is 22.7 Å². The Morgan fingerprint density at radius 3 is 2.24 bits per heavy atom. The molecule has 4 fully saturated rings. The van der Waals surface area contributed by atoms with E-state index >= 15 is 0 Å². The Bertz CT molecular complexity index is 1230. The van der Waals surface area contributed by atoms with Gasteiger partial charge in [0.2, 0.25) is 5.71 Å². The fourth-order valence-corrected chi connectivity index (χ4v) is 8.25. The minimum atomic E-state index is -1.32. The van der Waals surface area contributed by atoms with E-state index in [0.717, 1.165) is 30.2 Å². The summed E-state index contributed by atoms with van der Waals surface area (Å²) in [5.74, 6) is 0.445. The average molecular weight is 507 g/mol. The Kier molecular flexibility index (Phi) is 6.78. The van der Waals surface area contributed by atoms with E-state index in [1.165, 1.54) is 71.3 Å². The molecule has 2 aromatic rings. The van der Waals surface area contributed by atoms with Crippen molar-refractivity contribution in [1.82, 2.24) is 14.5 Å². The van der Waals surface area contributed by atoms with Crippen LogP contribution in [-0.2, 0) is 9.63 Å². The zero-order valence-electron chi connectivity index (χ0n) is 21.7. The maximum Gasteiger partial charge on any atom is 0.360 e. The lowest BCUT2D eigenvalue weighted by atomic mass is 9.73. The molecular weight excluding hydrogens is 468 g/mol. The van der Waals surface area contributed by atoms with Crippen molar-refractivity contribution in [2.24, 2.45) is 17.0 Å². The Balaban J connectivity index is 1.36. The molecule has 6 rings (SSSR count). The Labute approximate surface area is 217 Å². The second kappa shape index (κ2) is 10.2. The molecule has 8 nitrogen and oxygen atoms in total. The van der Waals surface area contributed by atoms with Crippen molar-refractivity contribution in [1.29, 1.82) is 0 Å². The minimum absolute atomic E-state index is 0.00848. The van der Waals surface area contributed by atoms with Gasteiger partial charge in [-0.05, 0) is 68.9 Å². The molecule has 4 aliphatic rings. The lowest BCUT2D eigenvalue weighted by Gasteiger charge is -2.54. The van der Waals surface area contributed by atoms with Crippen LogP contribution in [-0.4, -0.2) is 56.5 Å². The van der Waals surface area contributed by atoms with Crippen LogP contribution in [0.5, 0.6) is 0 Å². The molecule has 4 bridgehead atoms. The zero-order chi connectivity index (χ0) is 25.5. The van der Waals surface area contributed by atoms with Gasteiger partial charge in [-0.1, -0.05) is 49.4 Å². The summed E-state index contributed by atoms with van der Waals surface area (Å²) in [5, 5.41) is 13.4. The molecule has 198 valence electrons. The van der Waals surface area contributed by atoms with E-state index in [9.17, 15) is 14.7 Å². The number of benzene rings is 1. The summed E-state index contributed by atoms with van der Waals surface area (Å²) in [6.45, 7) is 0. The van der Waals surface area contributed by atoms with Gasteiger partial charge >= 0.3 is 5.97 Å². The van der Waals surface area contributed by atoms with Crippen LogP contribution in [0.25, 0.3) is 11.0 Å². The molecule has 1 aromatic heterocycles. The summed E-state index contributed by atoms with van der Waals surface area (Å²) in [4.78, 5) is 37.9. The number of oxime groups is 1. The molecule has 2 saturated carbocycles. The molecule has 8 heteroatoms. The highest BCUT2D eigenvalue weighted by Gasteiger charge is 2.45. The second-order valence-corrected chi connectivity index (χ2v) is 11.7. The van der Waals surface area contributed by atoms with Gasteiger partial charge in [0.1, 0.15) is 7.11 Å². The zero-order valence-corrected chi connectivity index (χ0v) is 21.7. The van der Waals surface area contributed by atoms with E-state index in [1.807, 2.05) is 28.8 Å². The number of hydrogen-bond acceptors (Lipinski definition) is 6. The standard InChI is InChI=1S/C29H38N4O4/c1-37-31-27(29(35)36)26-28(34)33(25-12-5-4-11-24(25)30-26)23-16-20-9-6-10-21(17-23)32(20)22-14-18-7-2-3-8-19(13-18)15-22/h4-5,11-12,18-23H,2-3,6-10,13-17H2,1H3,(H,35,36)/t18?,19?,20-,21+,22?,23?. The lowest BCUT2D eigenvalue weighted by Crippen LogP contribution is -2.58. The molecule has 0 spiro atoms. The summed E-state index contributed by atoms with van der Waals surface area (Å²) < 4.78 is 1.83. The Hall–Kier alpha value is -2.74. The average Bonchev–Trinajstić information content (AvgIpc) is 3.05. The molecule has 3 heterocycles. The summed E-state index contributed by atoms with van der Waals surface area (Å²) in [7, 11) is 1.28. The highest BCUT2D eigenvalue weighted by atomic mass is 16.6. The first-order valence-electron chi connectivity index (χ1n) is 14.2. The van der Waals surface area contributed by atoms with Gasteiger partial charge < -0.3 is 14.5 Å². The van der Waals surface area contributed by atoms with Gasteiger partial charge in [0.25, 0.3) is 5.56 Å². The van der Waals surface area contributed by atoms with Crippen LogP contribution in [0.1, 0.15) is 88.8 Å². The summed E-state index contributed by atoms with van der Waals surface area (Å²) in [6, 6.07) is 9.16. The van der Waals surface area contributed by atoms with Gasteiger partial charge in [-0.2, -0.15) is 0 Å². The number of nitrogens with zero attached hydrogens (tertiary/aromatic N) is 4. The maximum absolute atomic E-state index is 13.9. The first-order chi connectivity index (χ1) is 18.0. The van der Waals surface area contributed by atoms with Gasteiger partial charge in [-0.3, -0.25) is 9.69 Å². The van der Waals surface area contributed by atoms with E-state index in [2.05, 4.69) is 15.0 Å². The number of piperidine rings is 2. The van der Waals surface area contributed by atoms with Crippen LogP contribution in [0.4, 0.5) is 0 Å². The number of hydrogen-bond donors (Lipinski definition) is 1. The number of aromatic nitrogens is 2. The number of carboxylic acid groups (broad SMARTS) is 1. The SMILES string of the molecule is CON=C(C(=O)O)c1nc2ccccc2n(C2C[C@H]3CCC[C@@H](C2)N3C2CC3CCCCC(C3)C2)c1=O. The van der Waals surface area contributed by atoms with Crippen molar-refractivity contribution in [2.75, 3.05) is 7.11 Å². The van der Waals surface area contributed by atoms with Gasteiger partial charge in [-0.15, -0.1) is 0 Å². The molecule has 0 radical (unpaired) electrons. The van der Waals surface area contributed by atoms with Crippen molar-refractivity contribution in [3.05, 3.63) is 40.3 Å². The lowest BCUT2D eigenvalue weighted by molar-refractivity contribution is -0.129. The van der Waals surface area contributed by atoms with E-state index in [1.54, 1.807) is 0 Å². The van der Waals surface area contributed by atoms with Gasteiger partial charge in [0.05, 0.1) is 11.0 Å². The van der Waals surface area contributed by atoms with Gasteiger partial charge in [0.15, 0.2) is 5.69 Å². The topological polar surface area (TPSA) is 97.0 Å². The number of para-hydroxylation sites is 2. The molecule has 3 unspecified atom stereocenters. The molecule has 0 amide bonds. The first kappa shape index (κ1) is 24.6. The summed E-state index contributed by atoms with van der Waals surface area (Å²) in [5.41, 5.74) is 0.369. The van der Waals surface area contributed by atoms with Crippen LogP contribution in [0.2, 0.25) is 0 Å². The summed E-state index contributed by atoms with van der Waals surface area (Å²) >= 11 is 0. The minimum Gasteiger partial charge on any atom is -0.476 e. The third-order valence-electron chi connectivity index (χ3n) is 9.55. The van der Waals surface area contributed by atoms with E-state index < -0.39 is 17.2 Å². The van der Waals surface area contributed by atoms with Crippen molar-refractivity contribution in [3.8, 4) is 0 Å². The monoisotopic (exact) mass is 506 g/mol. The highest BCUT2D eigenvalue weighted by Crippen LogP contribution is 2.46. The predicted molar refractivity (Wildman–Crippen MR) is 142 cm³/mol. The maximum atomic E-state index is 13.9. The largest absolute Gasteiger partial charge is 0.476 e. The first-order valence-corrected chi connectivity index (χ1v) is 14.2. The van der Waals surface area contributed by atoms with Crippen molar-refractivity contribution in [2.45, 2.75) is 101 Å². The Morgan fingerprint density at radius 1 is 0.919 bits per heavy atom. The number of carboxylic acids is 1. The third-order valence-corrected chi connectivity index (χ3v) is 9.55. The third kappa shape index (κ3) is 4.58. The van der Waals surface area contributed by atoms with Crippen LogP contribution < -0.4 is 5.56 Å². The molecule has 5 atom stereocenters. The molecule has 2 aliphatic heterocycles. The van der Waals surface area contributed by atoms with Crippen molar-refractivity contribution < 1.29 is 14.7 Å². The molecule has 37 heavy (non-hydrogen) atoms. The van der Waals surface area contributed by atoms with Crippen LogP contribution >= 0.6 is 0 Å². The quantitative estimate of drug-likeness (QED) is 0.464. The van der Waals surface area contributed by atoms with E-state index in [0.29, 0.717) is 23.6 Å². The molecule has 2 aliphatic carbocycles. The number of aliphatic carboxylic acids is 1. The fourth-order valence-electron chi connectivity index (χ4n) is 8.25. The van der Waals surface area contributed by atoms with Crippen LogP contribution in [0, 0.1) is 11.8 Å². The van der Waals surface area contributed by atoms with E-state index in [-0.39, 0.29) is 11.7 Å². The molecular formula is C29H38N4O4. The van der Waals surface area contributed by atoms with Crippen molar-refractivity contribution in [3.63, 3.8) is 0 Å². The normalized spacial score (nSPS) is 32.6. The summed E-state index contributed by atoms with van der Waals surface area (Å²) in [6.07, 6.45) is 15.1. The van der Waals surface area contributed by atoms with E-state index in [4.69, 9.17) is 4.84 Å². The number of fused-ring (bicyclic) bond motifs is 5. The molecule has 1 aromatic carbocycles. The molecule has 1 N–H and O–H groups in total. The highest BCUT2D eigenvalue weighted by molar-refractivity contribution is 6.41. The van der Waals surface area contributed by atoms with Crippen LogP contribution in [0.15, 0.2) is 34.2 Å². The predicted octanol–water partition coefficient (Wildman–Crippen LogP) is 4.75. The molecule has 2 saturated heterocycles. The second-order valence-electron chi connectivity index (χ2n) is 11.7.